The average Bonchev–Trinajstić information content (AvgIpc) is 3.66. The normalized spacial score (nSPS) is 19.0. The highest BCUT2D eigenvalue weighted by atomic mass is 32.2. The molecule has 376 valence electrons. The number of likely N-dealkylation sites (N-methyl/N-ethyl adjacent to an activating group) is 1. The van der Waals surface area contributed by atoms with Crippen LogP contribution in [0.1, 0.15) is 70.4 Å². The number of nitrogens with zero attached hydrogens (tertiary/aromatic N) is 2. The number of methoxy groups -OCH3 is 2. The first-order valence-electron chi connectivity index (χ1n) is 22.7. The Hall–Kier alpha value is -3.64. The SMILES string of the molecule is CCN1/C(=C/C=C/C2=[N+](CCCCCC(=O)O)c3ccc(S(=O)(=O)O)cc3C2(C)CCOCCOCCOCCOC)C(C)(CCOCCOCCOCCOC)c2cc(S(=O)(=O)[O-])ccc21. The van der Waals surface area contributed by atoms with Crippen molar-refractivity contribution in [2.75, 3.05) is 125 Å². The molecule has 0 aromatic heterocycles. The molecule has 67 heavy (non-hydrogen) atoms. The largest absolute Gasteiger partial charge is 0.744 e. The van der Waals surface area contributed by atoms with Crippen LogP contribution in [0.5, 0.6) is 0 Å². The third kappa shape index (κ3) is 16.2. The van der Waals surface area contributed by atoms with E-state index < -0.39 is 37.0 Å². The molecule has 0 spiro atoms. The first-order chi connectivity index (χ1) is 32.0. The summed E-state index contributed by atoms with van der Waals surface area (Å²) in [6.45, 7) is 12.4. The summed E-state index contributed by atoms with van der Waals surface area (Å²) >= 11 is 0. The van der Waals surface area contributed by atoms with Gasteiger partial charge < -0.3 is 52.5 Å². The van der Waals surface area contributed by atoms with Crippen molar-refractivity contribution in [3.05, 3.63) is 71.5 Å². The minimum absolute atomic E-state index is 0.0409. The number of anilines is 1. The van der Waals surface area contributed by atoms with Gasteiger partial charge in [0.1, 0.15) is 16.7 Å². The van der Waals surface area contributed by atoms with Gasteiger partial charge >= 0.3 is 5.97 Å². The molecule has 2 aromatic carbocycles. The van der Waals surface area contributed by atoms with Gasteiger partial charge in [-0.2, -0.15) is 13.0 Å². The van der Waals surface area contributed by atoms with Crippen molar-refractivity contribution < 1.29 is 78.3 Å². The highest BCUT2D eigenvalue weighted by Crippen LogP contribution is 2.51. The Labute approximate surface area is 396 Å². The molecule has 2 N–H and O–H groups in total. The molecule has 0 aliphatic carbocycles. The summed E-state index contributed by atoms with van der Waals surface area (Å²) in [5, 5.41) is 9.26. The molecule has 2 aromatic rings. The molecule has 18 nitrogen and oxygen atoms in total. The lowest BCUT2D eigenvalue weighted by Crippen LogP contribution is -2.33. The molecular formula is C47H70N2O16S2. The van der Waals surface area contributed by atoms with Crippen LogP contribution in [0.2, 0.25) is 0 Å². The highest BCUT2D eigenvalue weighted by Gasteiger charge is 2.48. The van der Waals surface area contributed by atoms with Crippen molar-refractivity contribution in [2.24, 2.45) is 0 Å². The standard InChI is InChI=1S/C47H70N2O16S2/c1-6-48-41-16-14-37(66(52,53)54)35-39(41)46(2,18-21-60-27-29-64-33-31-62-25-23-58-4)43(48)11-10-12-44-47(3,19-22-61-28-30-65-34-32-63-26-24-59-5)40-36-38(67(55,56)57)15-17-42(40)49(44)20-9-7-8-13-45(50)51/h10-12,14-17,35-36H,6-9,13,18-34H2,1-5H3,(H2-,50,51,52,53,54,55,56,57). The lowest BCUT2D eigenvalue weighted by Gasteiger charge is -2.30. The Balaban J connectivity index is 1.68. The van der Waals surface area contributed by atoms with E-state index >= 15 is 0 Å². The summed E-state index contributed by atoms with van der Waals surface area (Å²) in [7, 11) is -6.12. The number of carboxylic acids is 1. The number of rotatable bonds is 35. The fourth-order valence-corrected chi connectivity index (χ4v) is 9.36. The summed E-state index contributed by atoms with van der Waals surface area (Å²) < 4.78 is 118. The van der Waals surface area contributed by atoms with Crippen molar-refractivity contribution in [3.8, 4) is 0 Å². The molecule has 0 saturated heterocycles. The fourth-order valence-electron chi connectivity index (χ4n) is 8.36. The zero-order chi connectivity index (χ0) is 48.9. The van der Waals surface area contributed by atoms with Crippen molar-refractivity contribution in [1.82, 2.24) is 0 Å². The van der Waals surface area contributed by atoms with Gasteiger partial charge in [0.25, 0.3) is 10.1 Å². The molecule has 0 radical (unpaired) electrons. The van der Waals surface area contributed by atoms with Crippen LogP contribution >= 0.6 is 0 Å². The third-order valence-electron chi connectivity index (χ3n) is 11.9. The molecule has 2 aliphatic rings. The van der Waals surface area contributed by atoms with Gasteiger partial charge in [0, 0.05) is 81.3 Å². The number of unbranched alkanes of at least 4 members (excludes halogenated alkanes) is 2. The second kappa shape index (κ2) is 27.5. The lowest BCUT2D eigenvalue weighted by atomic mass is 9.76. The zero-order valence-electron chi connectivity index (χ0n) is 39.6. The van der Waals surface area contributed by atoms with Gasteiger partial charge in [0.15, 0.2) is 5.71 Å². The number of ether oxygens (including phenoxy) is 8. The first-order valence-corrected chi connectivity index (χ1v) is 25.6. The summed E-state index contributed by atoms with van der Waals surface area (Å²) in [6, 6.07) is 9.00. The van der Waals surface area contributed by atoms with Crippen molar-refractivity contribution in [3.63, 3.8) is 0 Å². The number of fused-ring (bicyclic) bond motifs is 2. The minimum Gasteiger partial charge on any atom is -0.744 e. The van der Waals surface area contributed by atoms with Crippen molar-refractivity contribution >= 4 is 43.3 Å². The van der Waals surface area contributed by atoms with Crippen LogP contribution in [0.4, 0.5) is 11.4 Å². The van der Waals surface area contributed by atoms with Crippen LogP contribution in [0.3, 0.4) is 0 Å². The van der Waals surface area contributed by atoms with Gasteiger partial charge in [-0.15, -0.1) is 0 Å². The summed E-state index contributed by atoms with van der Waals surface area (Å²) in [5.74, 6) is -0.870. The number of allylic oxidation sites excluding steroid dienone is 4. The molecule has 4 rings (SSSR count). The Morgan fingerprint density at radius 1 is 0.701 bits per heavy atom. The van der Waals surface area contributed by atoms with E-state index in [9.17, 15) is 35.8 Å². The maximum absolute atomic E-state index is 12.5. The van der Waals surface area contributed by atoms with Crippen molar-refractivity contribution in [2.45, 2.75) is 79.9 Å². The molecule has 0 bridgehead atoms. The van der Waals surface area contributed by atoms with E-state index in [2.05, 4.69) is 9.48 Å². The molecule has 2 aliphatic heterocycles. The monoisotopic (exact) mass is 982 g/mol. The number of aliphatic carboxylic acids is 1. The molecule has 2 atom stereocenters. The van der Waals surface area contributed by atoms with Crippen molar-refractivity contribution in [1.29, 1.82) is 0 Å². The Morgan fingerprint density at radius 3 is 1.72 bits per heavy atom. The second-order valence-corrected chi connectivity index (χ2v) is 19.3. The zero-order valence-corrected chi connectivity index (χ0v) is 41.2. The predicted octanol–water partition coefficient (Wildman–Crippen LogP) is 5.25. The second-order valence-electron chi connectivity index (χ2n) is 16.5. The molecule has 2 unspecified atom stereocenters. The van der Waals surface area contributed by atoms with Crippen LogP contribution in [0.25, 0.3) is 0 Å². The lowest BCUT2D eigenvalue weighted by molar-refractivity contribution is -0.438. The maximum atomic E-state index is 12.5. The Bertz CT molecular complexity index is 2210. The number of carbonyl (C=O) groups is 1. The Morgan fingerprint density at radius 2 is 1.21 bits per heavy atom. The number of hydrogen-bond donors (Lipinski definition) is 2. The molecule has 0 saturated carbocycles. The third-order valence-corrected chi connectivity index (χ3v) is 13.6. The summed E-state index contributed by atoms with van der Waals surface area (Å²) in [6.07, 6.45) is 8.52. The molecular weight excluding hydrogens is 913 g/mol. The van der Waals surface area contributed by atoms with Crippen LogP contribution in [-0.2, 0) is 73.8 Å². The van der Waals surface area contributed by atoms with Crippen LogP contribution in [0.15, 0.2) is 70.1 Å². The number of benzene rings is 2. The average molecular weight is 983 g/mol. The molecule has 0 amide bonds. The van der Waals surface area contributed by atoms with Gasteiger partial charge in [0.05, 0.1) is 94.5 Å². The first kappa shape index (κ1) is 56.0. The quantitative estimate of drug-likeness (QED) is 0.0511. The summed E-state index contributed by atoms with van der Waals surface area (Å²) in [4.78, 5) is 12.8. The van der Waals surface area contributed by atoms with Crippen LogP contribution in [-0.4, -0.2) is 167 Å². The van der Waals surface area contributed by atoms with E-state index in [1.54, 1.807) is 26.4 Å². The summed E-state index contributed by atoms with van der Waals surface area (Å²) in [5.41, 5.74) is 2.88. The fraction of sp³-hybridized carbons (Fsp3) is 0.617. The topological polar surface area (TPSA) is 229 Å². The smallest absolute Gasteiger partial charge is 0.303 e. The van der Waals surface area contributed by atoms with Crippen LogP contribution < -0.4 is 4.90 Å². The van der Waals surface area contributed by atoms with Crippen LogP contribution in [0, 0.1) is 0 Å². The molecule has 2 heterocycles. The predicted molar refractivity (Wildman–Crippen MR) is 249 cm³/mol. The minimum atomic E-state index is -4.77. The van der Waals surface area contributed by atoms with Gasteiger partial charge in [-0.05, 0) is 88.4 Å². The highest BCUT2D eigenvalue weighted by molar-refractivity contribution is 7.86. The van der Waals surface area contributed by atoms with E-state index in [0.717, 1.165) is 22.8 Å². The van der Waals surface area contributed by atoms with Gasteiger partial charge in [-0.3, -0.25) is 9.35 Å². The maximum Gasteiger partial charge on any atom is 0.303 e. The molecule has 20 heteroatoms. The van der Waals surface area contributed by atoms with E-state index in [4.69, 9.17) is 37.9 Å². The van der Waals surface area contributed by atoms with E-state index in [-0.39, 0.29) is 22.8 Å². The molecule has 0 fully saturated rings. The van der Waals surface area contributed by atoms with Gasteiger partial charge in [-0.25, -0.2) is 8.42 Å². The number of carboxylic acid groups (broad SMARTS) is 1. The van der Waals surface area contributed by atoms with Gasteiger partial charge in [0.2, 0.25) is 5.69 Å². The number of hydrogen-bond acceptors (Lipinski definition) is 15. The van der Waals surface area contributed by atoms with E-state index in [0.29, 0.717) is 142 Å². The van der Waals surface area contributed by atoms with E-state index in [1.807, 2.05) is 39.0 Å². The van der Waals surface area contributed by atoms with Gasteiger partial charge in [-0.1, -0.05) is 6.08 Å². The Kier molecular flexibility index (Phi) is 23.0. The van der Waals surface area contributed by atoms with E-state index in [1.165, 1.54) is 24.3 Å².